The Bertz CT molecular complexity index is 369. The van der Waals surface area contributed by atoms with E-state index < -0.39 is 0 Å². The second-order valence-electron chi connectivity index (χ2n) is 5.79. The fraction of sp³-hybridized carbons (Fsp3) is 0.667. The van der Waals surface area contributed by atoms with Gasteiger partial charge in [-0.3, -0.25) is 0 Å². The molecule has 0 aromatic heterocycles. The van der Waals surface area contributed by atoms with E-state index in [-0.39, 0.29) is 0 Å². The minimum Gasteiger partial charge on any atom is -0.494 e. The quantitative estimate of drug-likeness (QED) is 0.572. The van der Waals surface area contributed by atoms with E-state index in [9.17, 15) is 0 Å². The van der Waals surface area contributed by atoms with Gasteiger partial charge in [0.1, 0.15) is 5.75 Å². The van der Waals surface area contributed by atoms with Gasteiger partial charge in [-0.1, -0.05) is 49.5 Å². The van der Waals surface area contributed by atoms with Crippen LogP contribution in [-0.4, -0.2) is 19.7 Å². The maximum atomic E-state index is 5.93. The Morgan fingerprint density at radius 3 is 2.38 bits per heavy atom. The molecule has 3 heteroatoms. The van der Waals surface area contributed by atoms with Crippen molar-refractivity contribution in [1.29, 1.82) is 0 Å². The maximum Gasteiger partial charge on any atom is 0.119 e. The van der Waals surface area contributed by atoms with Crippen molar-refractivity contribution in [3.05, 3.63) is 28.7 Å². The van der Waals surface area contributed by atoms with Crippen molar-refractivity contribution in [2.45, 2.75) is 52.9 Å². The van der Waals surface area contributed by atoms with Crippen molar-refractivity contribution in [3.8, 4) is 5.75 Å². The van der Waals surface area contributed by atoms with Crippen LogP contribution in [0.15, 0.2) is 28.7 Å². The second kappa shape index (κ2) is 10.2. The highest BCUT2D eigenvalue weighted by Crippen LogP contribution is 2.32. The fourth-order valence-corrected chi connectivity index (χ4v) is 2.90. The molecule has 120 valence electrons. The van der Waals surface area contributed by atoms with Crippen LogP contribution in [0.2, 0.25) is 0 Å². The lowest BCUT2D eigenvalue weighted by Gasteiger charge is -2.33. The molecule has 0 amide bonds. The van der Waals surface area contributed by atoms with Gasteiger partial charge < -0.3 is 10.1 Å². The molecule has 21 heavy (non-hydrogen) atoms. The van der Waals surface area contributed by atoms with Crippen LogP contribution in [-0.2, 0) is 0 Å². The summed E-state index contributed by atoms with van der Waals surface area (Å²) < 4.78 is 7.02. The summed E-state index contributed by atoms with van der Waals surface area (Å²) in [6.07, 6.45) is 6.19. The molecule has 1 N–H and O–H groups in total. The number of benzene rings is 1. The standard InChI is InChI=1S/C18H30BrNO/c1-4-7-12-18(5-2,15-20-6-3)13-14-21-17-10-8-16(19)9-11-17/h8-11,20H,4-7,12-15H2,1-3H3. The molecule has 0 saturated carbocycles. The summed E-state index contributed by atoms with van der Waals surface area (Å²) in [7, 11) is 0. The topological polar surface area (TPSA) is 21.3 Å². The maximum absolute atomic E-state index is 5.93. The van der Waals surface area contributed by atoms with Gasteiger partial charge >= 0.3 is 0 Å². The van der Waals surface area contributed by atoms with Gasteiger partial charge in [-0.2, -0.15) is 0 Å². The monoisotopic (exact) mass is 355 g/mol. The third kappa shape index (κ3) is 6.84. The van der Waals surface area contributed by atoms with Gasteiger partial charge in [0.25, 0.3) is 0 Å². The van der Waals surface area contributed by atoms with Crippen molar-refractivity contribution in [2.24, 2.45) is 5.41 Å². The summed E-state index contributed by atoms with van der Waals surface area (Å²) in [6.45, 7) is 9.70. The smallest absolute Gasteiger partial charge is 0.119 e. The van der Waals surface area contributed by atoms with Crippen molar-refractivity contribution < 1.29 is 4.74 Å². The van der Waals surface area contributed by atoms with Crippen LogP contribution in [0.25, 0.3) is 0 Å². The number of rotatable bonds is 11. The molecule has 0 aliphatic heterocycles. The molecule has 0 saturated heterocycles. The molecular weight excluding hydrogens is 326 g/mol. The van der Waals surface area contributed by atoms with Crippen molar-refractivity contribution in [3.63, 3.8) is 0 Å². The number of hydrogen-bond acceptors (Lipinski definition) is 2. The first-order valence-corrected chi connectivity index (χ1v) is 9.04. The Labute approximate surface area is 138 Å². The van der Waals surface area contributed by atoms with Crippen LogP contribution in [0.5, 0.6) is 5.75 Å². The van der Waals surface area contributed by atoms with Gasteiger partial charge in [0.15, 0.2) is 0 Å². The van der Waals surface area contributed by atoms with Gasteiger partial charge in [-0.25, -0.2) is 0 Å². The molecule has 1 aromatic rings. The average Bonchev–Trinajstić information content (AvgIpc) is 2.51. The predicted octanol–water partition coefficient (Wildman–Crippen LogP) is 5.41. The molecular formula is C18H30BrNO. The first kappa shape index (κ1) is 18.5. The Morgan fingerprint density at radius 1 is 1.10 bits per heavy atom. The Hall–Kier alpha value is -0.540. The Kier molecular flexibility index (Phi) is 9.02. The number of nitrogens with one attached hydrogen (secondary N) is 1. The highest BCUT2D eigenvalue weighted by Gasteiger charge is 2.26. The summed E-state index contributed by atoms with van der Waals surface area (Å²) >= 11 is 3.45. The molecule has 1 rings (SSSR count). The van der Waals surface area contributed by atoms with Crippen LogP contribution in [0.3, 0.4) is 0 Å². The summed E-state index contributed by atoms with van der Waals surface area (Å²) in [6, 6.07) is 8.10. The third-order valence-corrected chi connectivity index (χ3v) is 4.80. The Morgan fingerprint density at radius 2 is 1.81 bits per heavy atom. The van der Waals surface area contributed by atoms with Gasteiger partial charge in [0.2, 0.25) is 0 Å². The van der Waals surface area contributed by atoms with E-state index in [1.807, 2.05) is 24.3 Å². The minimum absolute atomic E-state index is 0.376. The van der Waals surface area contributed by atoms with E-state index >= 15 is 0 Å². The molecule has 1 unspecified atom stereocenters. The van der Waals surface area contributed by atoms with E-state index in [1.54, 1.807) is 0 Å². The molecule has 1 atom stereocenters. The summed E-state index contributed by atoms with van der Waals surface area (Å²) in [4.78, 5) is 0. The van der Waals surface area contributed by atoms with Crippen LogP contribution < -0.4 is 10.1 Å². The largest absolute Gasteiger partial charge is 0.494 e. The molecule has 0 aliphatic rings. The zero-order valence-electron chi connectivity index (χ0n) is 13.8. The van der Waals surface area contributed by atoms with Crippen LogP contribution in [0.1, 0.15) is 52.9 Å². The Balaban J connectivity index is 2.52. The summed E-state index contributed by atoms with van der Waals surface area (Å²) in [5.41, 5.74) is 0.376. The molecule has 0 bridgehead atoms. The van der Waals surface area contributed by atoms with Crippen molar-refractivity contribution in [2.75, 3.05) is 19.7 Å². The molecule has 0 fully saturated rings. The second-order valence-corrected chi connectivity index (χ2v) is 6.71. The van der Waals surface area contributed by atoms with Gasteiger partial charge in [0.05, 0.1) is 6.61 Å². The van der Waals surface area contributed by atoms with Gasteiger partial charge in [0, 0.05) is 11.0 Å². The van der Waals surface area contributed by atoms with Crippen molar-refractivity contribution >= 4 is 15.9 Å². The lowest BCUT2D eigenvalue weighted by Crippen LogP contribution is -2.35. The number of hydrogen-bond donors (Lipinski definition) is 1. The first-order chi connectivity index (χ1) is 10.2. The minimum atomic E-state index is 0.376. The fourth-order valence-electron chi connectivity index (χ4n) is 2.64. The van der Waals surface area contributed by atoms with E-state index in [2.05, 4.69) is 42.0 Å². The van der Waals surface area contributed by atoms with E-state index in [1.165, 1.54) is 25.7 Å². The number of halogens is 1. The van der Waals surface area contributed by atoms with E-state index in [0.717, 1.165) is 36.3 Å². The molecule has 0 heterocycles. The molecule has 2 nitrogen and oxygen atoms in total. The zero-order chi connectivity index (χ0) is 15.6. The summed E-state index contributed by atoms with van der Waals surface area (Å²) in [5, 5.41) is 3.54. The lowest BCUT2D eigenvalue weighted by atomic mass is 9.77. The van der Waals surface area contributed by atoms with Crippen LogP contribution in [0, 0.1) is 5.41 Å². The molecule has 0 radical (unpaired) electrons. The summed E-state index contributed by atoms with van der Waals surface area (Å²) in [5.74, 6) is 0.960. The molecule has 0 aliphatic carbocycles. The molecule has 0 spiro atoms. The highest BCUT2D eigenvalue weighted by molar-refractivity contribution is 9.10. The van der Waals surface area contributed by atoms with Crippen LogP contribution >= 0.6 is 15.9 Å². The number of ether oxygens (including phenoxy) is 1. The SMILES string of the molecule is CCCCC(CC)(CCOc1ccc(Br)cc1)CNCC. The average molecular weight is 356 g/mol. The first-order valence-electron chi connectivity index (χ1n) is 8.25. The molecule has 1 aromatic carbocycles. The van der Waals surface area contributed by atoms with Crippen molar-refractivity contribution in [1.82, 2.24) is 5.32 Å². The van der Waals surface area contributed by atoms with Gasteiger partial charge in [-0.05, 0) is 55.5 Å². The number of unbranched alkanes of at least 4 members (excludes halogenated alkanes) is 1. The van der Waals surface area contributed by atoms with E-state index in [0.29, 0.717) is 5.41 Å². The van der Waals surface area contributed by atoms with Gasteiger partial charge in [-0.15, -0.1) is 0 Å². The van der Waals surface area contributed by atoms with Crippen LogP contribution in [0.4, 0.5) is 0 Å². The predicted molar refractivity (Wildman–Crippen MR) is 95.0 cm³/mol. The highest BCUT2D eigenvalue weighted by atomic mass is 79.9. The third-order valence-electron chi connectivity index (χ3n) is 4.28. The van der Waals surface area contributed by atoms with E-state index in [4.69, 9.17) is 4.74 Å². The normalized spacial score (nSPS) is 13.9. The zero-order valence-corrected chi connectivity index (χ0v) is 15.3. The lowest BCUT2D eigenvalue weighted by molar-refractivity contribution is 0.166.